The molecule has 1 amide bonds. The van der Waals surface area contributed by atoms with E-state index in [2.05, 4.69) is 16.8 Å². The van der Waals surface area contributed by atoms with E-state index in [0.29, 0.717) is 42.2 Å². The molecule has 0 spiro atoms. The average molecular weight is 447 g/mol. The lowest BCUT2D eigenvalue weighted by Gasteiger charge is -2.31. The molecule has 1 aromatic heterocycles. The monoisotopic (exact) mass is 446 g/mol. The Hall–Kier alpha value is -1.83. The van der Waals surface area contributed by atoms with E-state index in [1.54, 1.807) is 11.8 Å². The number of benzene rings is 1. The Labute approximate surface area is 187 Å². The molecular weight excluding hydrogens is 420 g/mol. The van der Waals surface area contributed by atoms with Gasteiger partial charge in [0.05, 0.1) is 13.2 Å². The summed E-state index contributed by atoms with van der Waals surface area (Å²) in [5.41, 5.74) is 1.83. The molecule has 2 aromatic rings. The van der Waals surface area contributed by atoms with Crippen molar-refractivity contribution in [3.8, 4) is 0 Å². The SMILES string of the molecule is CC1CCN(c2cc(Cl)nc(SCc3ccc(C(=O)N4CCOCC4)cc3)n2)CC1. The number of anilines is 1. The molecule has 0 aliphatic carbocycles. The minimum atomic E-state index is 0.0659. The van der Waals surface area contributed by atoms with Gasteiger partial charge in [-0.05, 0) is 36.5 Å². The number of aromatic nitrogens is 2. The predicted molar refractivity (Wildman–Crippen MR) is 120 cm³/mol. The minimum Gasteiger partial charge on any atom is -0.378 e. The van der Waals surface area contributed by atoms with Gasteiger partial charge < -0.3 is 14.5 Å². The van der Waals surface area contributed by atoms with Crippen LogP contribution in [0.3, 0.4) is 0 Å². The average Bonchev–Trinajstić information content (AvgIpc) is 2.78. The molecule has 6 nitrogen and oxygen atoms in total. The molecule has 2 saturated heterocycles. The second-order valence-electron chi connectivity index (χ2n) is 7.89. The van der Waals surface area contributed by atoms with E-state index in [9.17, 15) is 4.79 Å². The van der Waals surface area contributed by atoms with E-state index >= 15 is 0 Å². The first-order valence-electron chi connectivity index (χ1n) is 10.5. The predicted octanol–water partition coefficient (Wildman–Crippen LogP) is 4.13. The third-order valence-electron chi connectivity index (χ3n) is 5.64. The first-order chi connectivity index (χ1) is 14.6. The Kier molecular flexibility index (Phi) is 7.12. The molecule has 30 heavy (non-hydrogen) atoms. The van der Waals surface area contributed by atoms with Crippen LogP contribution in [0.2, 0.25) is 5.15 Å². The molecule has 0 saturated carbocycles. The molecule has 0 bridgehead atoms. The summed E-state index contributed by atoms with van der Waals surface area (Å²) in [4.78, 5) is 25.8. The summed E-state index contributed by atoms with van der Waals surface area (Å²) in [5, 5.41) is 1.16. The van der Waals surface area contributed by atoms with Gasteiger partial charge in [-0.1, -0.05) is 42.4 Å². The second kappa shape index (κ2) is 9.98. The van der Waals surface area contributed by atoms with Gasteiger partial charge in [0.1, 0.15) is 11.0 Å². The molecule has 0 N–H and O–H groups in total. The number of ether oxygens (including phenoxy) is 1. The van der Waals surface area contributed by atoms with Crippen molar-refractivity contribution in [2.75, 3.05) is 44.3 Å². The number of hydrogen-bond donors (Lipinski definition) is 0. The Morgan fingerprint density at radius 2 is 1.83 bits per heavy atom. The highest BCUT2D eigenvalue weighted by molar-refractivity contribution is 7.98. The Morgan fingerprint density at radius 3 is 2.53 bits per heavy atom. The van der Waals surface area contributed by atoms with E-state index < -0.39 is 0 Å². The second-order valence-corrected chi connectivity index (χ2v) is 9.22. The fourth-order valence-electron chi connectivity index (χ4n) is 3.69. The Morgan fingerprint density at radius 1 is 1.13 bits per heavy atom. The van der Waals surface area contributed by atoms with Gasteiger partial charge in [0.2, 0.25) is 0 Å². The molecule has 1 aromatic carbocycles. The van der Waals surface area contributed by atoms with Gasteiger partial charge >= 0.3 is 0 Å². The molecule has 2 aliphatic rings. The van der Waals surface area contributed by atoms with Crippen LogP contribution < -0.4 is 4.90 Å². The number of piperidine rings is 1. The maximum atomic E-state index is 12.6. The van der Waals surface area contributed by atoms with Gasteiger partial charge in [-0.15, -0.1) is 0 Å². The quantitative estimate of drug-likeness (QED) is 0.391. The number of nitrogens with zero attached hydrogens (tertiary/aromatic N) is 4. The number of rotatable bonds is 5. The van der Waals surface area contributed by atoms with Crippen LogP contribution in [0.4, 0.5) is 5.82 Å². The normalized spacial score (nSPS) is 17.9. The number of carbonyl (C=O) groups excluding carboxylic acids is 1. The smallest absolute Gasteiger partial charge is 0.254 e. The van der Waals surface area contributed by atoms with Crippen molar-refractivity contribution in [3.63, 3.8) is 0 Å². The fourth-order valence-corrected chi connectivity index (χ4v) is 4.73. The summed E-state index contributed by atoms with van der Waals surface area (Å²) in [7, 11) is 0. The molecule has 3 heterocycles. The fraction of sp³-hybridized carbons (Fsp3) is 0.500. The van der Waals surface area contributed by atoms with Crippen LogP contribution in [0, 0.1) is 5.92 Å². The lowest BCUT2D eigenvalue weighted by molar-refractivity contribution is 0.0303. The Balaban J connectivity index is 1.36. The number of amides is 1. The molecule has 4 rings (SSSR count). The van der Waals surface area contributed by atoms with Crippen LogP contribution in [0.25, 0.3) is 0 Å². The molecule has 2 fully saturated rings. The lowest BCUT2D eigenvalue weighted by atomic mass is 9.99. The van der Waals surface area contributed by atoms with E-state index in [0.717, 1.165) is 36.1 Å². The van der Waals surface area contributed by atoms with Crippen LogP contribution in [-0.2, 0) is 10.5 Å². The maximum Gasteiger partial charge on any atom is 0.254 e. The number of hydrogen-bond acceptors (Lipinski definition) is 6. The molecule has 0 unspecified atom stereocenters. The van der Waals surface area contributed by atoms with Crippen molar-refractivity contribution in [1.29, 1.82) is 0 Å². The summed E-state index contributed by atoms with van der Waals surface area (Å²) < 4.78 is 5.32. The highest BCUT2D eigenvalue weighted by atomic mass is 35.5. The number of carbonyl (C=O) groups is 1. The molecule has 0 radical (unpaired) electrons. The zero-order chi connectivity index (χ0) is 20.9. The third kappa shape index (κ3) is 5.45. The maximum absolute atomic E-state index is 12.6. The largest absolute Gasteiger partial charge is 0.378 e. The Bertz CT molecular complexity index is 866. The van der Waals surface area contributed by atoms with Crippen molar-refractivity contribution >= 4 is 35.1 Å². The molecule has 2 aliphatic heterocycles. The summed E-state index contributed by atoms with van der Waals surface area (Å²) in [6.07, 6.45) is 2.36. The van der Waals surface area contributed by atoms with Crippen LogP contribution in [-0.4, -0.2) is 60.2 Å². The van der Waals surface area contributed by atoms with Crippen molar-refractivity contribution < 1.29 is 9.53 Å². The van der Waals surface area contributed by atoms with Gasteiger partial charge in [0, 0.05) is 43.6 Å². The van der Waals surface area contributed by atoms with Crippen molar-refractivity contribution in [2.45, 2.75) is 30.7 Å². The van der Waals surface area contributed by atoms with Crippen LogP contribution >= 0.6 is 23.4 Å². The van der Waals surface area contributed by atoms with Gasteiger partial charge in [-0.2, -0.15) is 0 Å². The molecular formula is C22H27ClN4O2S. The third-order valence-corrected chi connectivity index (χ3v) is 6.75. The first kappa shape index (κ1) is 21.4. The van der Waals surface area contributed by atoms with Gasteiger partial charge in [-0.3, -0.25) is 4.79 Å². The van der Waals surface area contributed by atoms with Crippen molar-refractivity contribution in [3.05, 3.63) is 46.6 Å². The van der Waals surface area contributed by atoms with E-state index in [4.69, 9.17) is 21.3 Å². The molecule has 160 valence electrons. The van der Waals surface area contributed by atoms with E-state index in [-0.39, 0.29) is 5.91 Å². The van der Waals surface area contributed by atoms with Crippen LogP contribution in [0.15, 0.2) is 35.5 Å². The van der Waals surface area contributed by atoms with Crippen molar-refractivity contribution in [1.82, 2.24) is 14.9 Å². The minimum absolute atomic E-state index is 0.0659. The van der Waals surface area contributed by atoms with Gasteiger partial charge in [0.25, 0.3) is 5.91 Å². The zero-order valence-corrected chi connectivity index (χ0v) is 18.8. The van der Waals surface area contributed by atoms with E-state index in [1.807, 2.05) is 35.2 Å². The molecule has 0 atom stereocenters. The standard InChI is InChI=1S/C22H27ClN4O2S/c1-16-6-8-26(9-7-16)20-14-19(23)24-22(25-20)30-15-17-2-4-18(5-3-17)21(28)27-10-12-29-13-11-27/h2-5,14,16H,6-13,15H2,1H3. The molecule has 8 heteroatoms. The first-order valence-corrected chi connectivity index (χ1v) is 11.8. The van der Waals surface area contributed by atoms with Gasteiger partial charge in [-0.25, -0.2) is 9.97 Å². The summed E-state index contributed by atoms with van der Waals surface area (Å²) in [5.74, 6) is 2.47. The van der Waals surface area contributed by atoms with E-state index in [1.165, 1.54) is 12.8 Å². The number of halogens is 1. The summed E-state index contributed by atoms with van der Waals surface area (Å²) in [6.45, 7) is 6.85. The number of thioether (sulfide) groups is 1. The van der Waals surface area contributed by atoms with Gasteiger partial charge in [0.15, 0.2) is 5.16 Å². The topological polar surface area (TPSA) is 58.6 Å². The lowest BCUT2D eigenvalue weighted by Crippen LogP contribution is -2.40. The van der Waals surface area contributed by atoms with Crippen LogP contribution in [0.1, 0.15) is 35.7 Å². The van der Waals surface area contributed by atoms with Crippen molar-refractivity contribution in [2.24, 2.45) is 5.92 Å². The summed E-state index contributed by atoms with van der Waals surface area (Å²) in [6, 6.07) is 9.64. The summed E-state index contributed by atoms with van der Waals surface area (Å²) >= 11 is 7.83. The van der Waals surface area contributed by atoms with Crippen LogP contribution in [0.5, 0.6) is 0 Å². The number of morpholine rings is 1. The zero-order valence-electron chi connectivity index (χ0n) is 17.2. The highest BCUT2D eigenvalue weighted by Crippen LogP contribution is 2.27. The highest BCUT2D eigenvalue weighted by Gasteiger charge is 2.19.